The third-order valence-electron chi connectivity index (χ3n) is 2.79. The van der Waals surface area contributed by atoms with Gasteiger partial charge in [-0.2, -0.15) is 0 Å². The van der Waals surface area contributed by atoms with E-state index < -0.39 is 12.0 Å². The van der Waals surface area contributed by atoms with Crippen molar-refractivity contribution in [2.75, 3.05) is 21.3 Å². The van der Waals surface area contributed by atoms with Crippen LogP contribution in [0.2, 0.25) is 0 Å². The number of benzene rings is 1. The summed E-state index contributed by atoms with van der Waals surface area (Å²) in [7, 11) is 4.57. The zero-order chi connectivity index (χ0) is 14.4. The van der Waals surface area contributed by atoms with Crippen LogP contribution in [-0.4, -0.2) is 32.4 Å². The second-order valence-electron chi connectivity index (χ2n) is 3.98. The van der Waals surface area contributed by atoms with Gasteiger partial charge in [0, 0.05) is 24.6 Å². The molecule has 0 amide bonds. The summed E-state index contributed by atoms with van der Waals surface area (Å²) in [5.41, 5.74) is 6.67. The van der Waals surface area contributed by atoms with E-state index in [1.165, 1.54) is 21.3 Å². The lowest BCUT2D eigenvalue weighted by Crippen LogP contribution is -2.14. The van der Waals surface area contributed by atoms with E-state index in [1.807, 2.05) is 0 Å². The fourth-order valence-electron chi connectivity index (χ4n) is 1.82. The van der Waals surface area contributed by atoms with Gasteiger partial charge in [-0.1, -0.05) is 0 Å². The van der Waals surface area contributed by atoms with E-state index >= 15 is 0 Å². The first-order valence-corrected chi connectivity index (χ1v) is 5.80. The molecule has 0 fully saturated rings. The highest BCUT2D eigenvalue weighted by Crippen LogP contribution is 2.38. The zero-order valence-corrected chi connectivity index (χ0v) is 11.3. The van der Waals surface area contributed by atoms with Crippen LogP contribution in [0.25, 0.3) is 0 Å². The van der Waals surface area contributed by atoms with E-state index in [9.17, 15) is 4.79 Å². The standard InChI is InChI=1S/C13H19NO5/c1-17-8-6-10(18-2)13(11(7-8)19-3)9(14)4-5-12(15)16/h6-7,9H,4-5,14H2,1-3H3,(H,15,16). The average molecular weight is 269 g/mol. The molecule has 6 heteroatoms. The van der Waals surface area contributed by atoms with E-state index in [4.69, 9.17) is 25.1 Å². The van der Waals surface area contributed by atoms with Gasteiger partial charge in [0.25, 0.3) is 0 Å². The molecule has 1 unspecified atom stereocenters. The predicted octanol–water partition coefficient (Wildman–Crippen LogP) is 1.58. The van der Waals surface area contributed by atoms with Crippen molar-refractivity contribution in [3.05, 3.63) is 17.7 Å². The predicted molar refractivity (Wildman–Crippen MR) is 69.9 cm³/mol. The number of hydrogen-bond acceptors (Lipinski definition) is 5. The van der Waals surface area contributed by atoms with Gasteiger partial charge in [0.2, 0.25) is 0 Å². The highest BCUT2D eigenvalue weighted by atomic mass is 16.5. The Morgan fingerprint density at radius 1 is 1.21 bits per heavy atom. The Labute approximate surface area is 112 Å². The number of aliphatic carboxylic acids is 1. The molecule has 1 rings (SSSR count). The van der Waals surface area contributed by atoms with Gasteiger partial charge < -0.3 is 25.1 Å². The molecule has 0 radical (unpaired) electrons. The van der Waals surface area contributed by atoms with Crippen molar-refractivity contribution in [1.82, 2.24) is 0 Å². The van der Waals surface area contributed by atoms with Crippen molar-refractivity contribution in [3.8, 4) is 17.2 Å². The largest absolute Gasteiger partial charge is 0.496 e. The highest BCUT2D eigenvalue weighted by Gasteiger charge is 2.20. The Morgan fingerprint density at radius 2 is 1.74 bits per heavy atom. The van der Waals surface area contributed by atoms with E-state index in [1.54, 1.807) is 12.1 Å². The van der Waals surface area contributed by atoms with Gasteiger partial charge in [-0.25, -0.2) is 0 Å². The van der Waals surface area contributed by atoms with Gasteiger partial charge in [-0.05, 0) is 6.42 Å². The molecule has 0 bridgehead atoms. The maximum absolute atomic E-state index is 10.6. The van der Waals surface area contributed by atoms with Crippen molar-refractivity contribution in [2.45, 2.75) is 18.9 Å². The van der Waals surface area contributed by atoms with Gasteiger partial charge in [0.1, 0.15) is 17.2 Å². The third kappa shape index (κ3) is 3.75. The summed E-state index contributed by atoms with van der Waals surface area (Å²) >= 11 is 0. The summed E-state index contributed by atoms with van der Waals surface area (Å²) in [5.74, 6) is 0.743. The molecule has 6 nitrogen and oxygen atoms in total. The minimum atomic E-state index is -0.887. The number of methoxy groups -OCH3 is 3. The van der Waals surface area contributed by atoms with Crippen LogP contribution in [0, 0.1) is 0 Å². The van der Waals surface area contributed by atoms with Gasteiger partial charge in [-0.15, -0.1) is 0 Å². The molecule has 0 saturated heterocycles. The maximum atomic E-state index is 10.6. The minimum Gasteiger partial charge on any atom is -0.496 e. The fraction of sp³-hybridized carbons (Fsp3) is 0.462. The minimum absolute atomic E-state index is 0.0144. The first kappa shape index (κ1) is 15.1. The molecule has 0 saturated carbocycles. The van der Waals surface area contributed by atoms with Crippen LogP contribution in [-0.2, 0) is 4.79 Å². The average Bonchev–Trinajstić information content (AvgIpc) is 2.42. The van der Waals surface area contributed by atoms with E-state index in [0.29, 0.717) is 29.2 Å². The topological polar surface area (TPSA) is 91.0 Å². The highest BCUT2D eigenvalue weighted by molar-refractivity contribution is 5.66. The molecule has 0 aliphatic heterocycles. The molecule has 0 aromatic heterocycles. The molecular formula is C13H19NO5. The second kappa shape index (κ2) is 6.84. The number of rotatable bonds is 7. The Morgan fingerprint density at radius 3 is 2.11 bits per heavy atom. The van der Waals surface area contributed by atoms with Gasteiger partial charge in [0.15, 0.2) is 0 Å². The lowest BCUT2D eigenvalue weighted by Gasteiger charge is -2.19. The van der Waals surface area contributed by atoms with E-state index in [-0.39, 0.29) is 6.42 Å². The molecule has 106 valence electrons. The molecule has 19 heavy (non-hydrogen) atoms. The summed E-state index contributed by atoms with van der Waals surface area (Å²) in [6.45, 7) is 0. The van der Waals surface area contributed by atoms with Crippen LogP contribution in [0.4, 0.5) is 0 Å². The van der Waals surface area contributed by atoms with Gasteiger partial charge in [0.05, 0.1) is 26.9 Å². The molecule has 0 heterocycles. The van der Waals surface area contributed by atoms with Gasteiger partial charge >= 0.3 is 5.97 Å². The maximum Gasteiger partial charge on any atom is 0.303 e. The lowest BCUT2D eigenvalue weighted by molar-refractivity contribution is -0.137. The van der Waals surface area contributed by atoms with Crippen molar-refractivity contribution < 1.29 is 24.1 Å². The number of nitrogens with two attached hydrogens (primary N) is 1. The third-order valence-corrected chi connectivity index (χ3v) is 2.79. The van der Waals surface area contributed by atoms with E-state index in [0.717, 1.165) is 0 Å². The summed E-state index contributed by atoms with van der Waals surface area (Å²) in [5, 5.41) is 8.71. The number of hydrogen-bond donors (Lipinski definition) is 2. The molecular weight excluding hydrogens is 250 g/mol. The van der Waals surface area contributed by atoms with Crippen LogP contribution in [0.3, 0.4) is 0 Å². The molecule has 0 aliphatic rings. The molecule has 1 aromatic rings. The normalized spacial score (nSPS) is 11.8. The molecule has 3 N–H and O–H groups in total. The van der Waals surface area contributed by atoms with Crippen molar-refractivity contribution in [1.29, 1.82) is 0 Å². The number of carboxylic acids is 1. The van der Waals surface area contributed by atoms with Crippen molar-refractivity contribution in [2.24, 2.45) is 5.73 Å². The van der Waals surface area contributed by atoms with Gasteiger partial charge in [-0.3, -0.25) is 4.79 Å². The molecule has 1 aromatic carbocycles. The van der Waals surface area contributed by atoms with Crippen LogP contribution in [0.1, 0.15) is 24.4 Å². The van der Waals surface area contributed by atoms with Crippen molar-refractivity contribution in [3.63, 3.8) is 0 Å². The Balaban J connectivity index is 3.12. The monoisotopic (exact) mass is 269 g/mol. The number of carboxylic acid groups (broad SMARTS) is 1. The molecule has 0 aliphatic carbocycles. The van der Waals surface area contributed by atoms with Crippen LogP contribution in [0.5, 0.6) is 17.2 Å². The van der Waals surface area contributed by atoms with Crippen LogP contribution in [0.15, 0.2) is 12.1 Å². The van der Waals surface area contributed by atoms with Crippen LogP contribution >= 0.6 is 0 Å². The van der Waals surface area contributed by atoms with Crippen molar-refractivity contribution >= 4 is 5.97 Å². The SMILES string of the molecule is COc1cc(OC)c(C(N)CCC(=O)O)c(OC)c1. The number of ether oxygens (including phenoxy) is 3. The molecule has 1 atom stereocenters. The first-order chi connectivity index (χ1) is 9.03. The second-order valence-corrected chi connectivity index (χ2v) is 3.98. The first-order valence-electron chi connectivity index (χ1n) is 5.80. The number of carbonyl (C=O) groups is 1. The quantitative estimate of drug-likeness (QED) is 0.781. The summed E-state index contributed by atoms with van der Waals surface area (Å²) < 4.78 is 15.7. The summed E-state index contributed by atoms with van der Waals surface area (Å²) in [4.78, 5) is 10.6. The Kier molecular flexibility index (Phi) is 5.44. The fourth-order valence-corrected chi connectivity index (χ4v) is 1.82. The lowest BCUT2D eigenvalue weighted by atomic mass is 10.0. The smallest absolute Gasteiger partial charge is 0.303 e. The Bertz CT molecular complexity index is 422. The van der Waals surface area contributed by atoms with E-state index in [2.05, 4.69) is 0 Å². The summed E-state index contributed by atoms with van der Waals surface area (Å²) in [6, 6.07) is 2.91. The zero-order valence-electron chi connectivity index (χ0n) is 11.3. The summed E-state index contributed by atoms with van der Waals surface area (Å²) in [6.07, 6.45) is 0.286. The van der Waals surface area contributed by atoms with Crippen LogP contribution < -0.4 is 19.9 Å². The molecule has 0 spiro atoms. The Hall–Kier alpha value is -1.95.